The maximum Gasteiger partial charge on any atom is 0.137 e. The van der Waals surface area contributed by atoms with Crippen LogP contribution in [0.4, 0.5) is 0 Å². The van der Waals surface area contributed by atoms with E-state index in [9.17, 15) is 0 Å². The van der Waals surface area contributed by atoms with Gasteiger partial charge in [-0.1, -0.05) is 6.07 Å². The molecule has 0 radical (unpaired) electrons. The Morgan fingerprint density at radius 2 is 1.89 bits per heavy atom. The Morgan fingerprint density at radius 1 is 1.11 bits per heavy atom. The van der Waals surface area contributed by atoms with Gasteiger partial charge < -0.3 is 9.83 Å². The Kier molecular flexibility index (Phi) is 2.55. The minimum atomic E-state index is 0.720. The monoisotopic (exact) mass is 240 g/mol. The van der Waals surface area contributed by atoms with Gasteiger partial charge in [-0.15, -0.1) is 0 Å². The van der Waals surface area contributed by atoms with Crippen LogP contribution < -0.4 is 5.43 Å². The van der Waals surface area contributed by atoms with Gasteiger partial charge in [0.1, 0.15) is 5.65 Å². The van der Waals surface area contributed by atoms with E-state index in [1.54, 1.807) is 0 Å². The minimum absolute atomic E-state index is 0.720. The lowest BCUT2D eigenvalue weighted by molar-refractivity contribution is 0.784. The van der Waals surface area contributed by atoms with Crippen molar-refractivity contribution in [3.8, 4) is 0 Å². The predicted octanol–water partition coefficient (Wildman–Crippen LogP) is 2.50. The van der Waals surface area contributed by atoms with Gasteiger partial charge in [-0.25, -0.2) is 4.98 Å². The van der Waals surface area contributed by atoms with Gasteiger partial charge in [0.05, 0.1) is 12.2 Å². The van der Waals surface area contributed by atoms with Crippen LogP contribution in [0.2, 0.25) is 0 Å². The summed E-state index contributed by atoms with van der Waals surface area (Å²) in [5.74, 6) is 0. The third kappa shape index (κ3) is 1.86. The predicted molar refractivity (Wildman–Crippen MR) is 72.2 cm³/mol. The summed E-state index contributed by atoms with van der Waals surface area (Å²) in [7, 11) is 0. The Hall–Kier alpha value is -2.23. The summed E-state index contributed by atoms with van der Waals surface area (Å²) < 4.78 is 4.12. The summed E-state index contributed by atoms with van der Waals surface area (Å²) in [6.07, 6.45) is 4.06. The van der Waals surface area contributed by atoms with E-state index in [-0.39, 0.29) is 0 Å². The number of nitrogens with one attached hydrogen (secondary N) is 1. The highest BCUT2D eigenvalue weighted by Crippen LogP contribution is 2.07. The Bertz CT molecular complexity index is 625. The lowest BCUT2D eigenvalue weighted by Gasteiger charge is -2.10. The van der Waals surface area contributed by atoms with Crippen molar-refractivity contribution in [2.75, 3.05) is 5.43 Å². The van der Waals surface area contributed by atoms with Gasteiger partial charge in [0, 0.05) is 23.8 Å². The van der Waals surface area contributed by atoms with Crippen molar-refractivity contribution < 1.29 is 0 Å². The molecule has 0 unspecified atom stereocenters. The molecule has 0 aliphatic rings. The SMILES string of the molecule is Cc1ccc(C)n1NCc1cn2ccccc2n1. The highest BCUT2D eigenvalue weighted by molar-refractivity contribution is 5.39. The molecule has 0 aliphatic carbocycles. The van der Waals surface area contributed by atoms with E-state index in [0.29, 0.717) is 0 Å². The zero-order valence-corrected chi connectivity index (χ0v) is 10.6. The fourth-order valence-corrected chi connectivity index (χ4v) is 2.15. The molecule has 0 aliphatic heterocycles. The first kappa shape index (κ1) is 10.9. The fourth-order valence-electron chi connectivity index (χ4n) is 2.15. The summed E-state index contributed by atoms with van der Waals surface area (Å²) in [4.78, 5) is 4.56. The minimum Gasteiger partial charge on any atom is -0.320 e. The molecule has 4 nitrogen and oxygen atoms in total. The van der Waals surface area contributed by atoms with Crippen LogP contribution in [0, 0.1) is 13.8 Å². The molecule has 0 fully saturated rings. The normalized spacial score (nSPS) is 11.0. The average Bonchev–Trinajstić information content (AvgIpc) is 2.91. The molecule has 1 N–H and O–H groups in total. The summed E-state index contributed by atoms with van der Waals surface area (Å²) in [5.41, 5.74) is 7.81. The first-order chi connectivity index (χ1) is 8.74. The molecule has 0 spiro atoms. The van der Waals surface area contributed by atoms with Crippen molar-refractivity contribution in [2.45, 2.75) is 20.4 Å². The molecule has 3 aromatic heterocycles. The average molecular weight is 240 g/mol. The van der Waals surface area contributed by atoms with E-state index < -0.39 is 0 Å². The summed E-state index contributed by atoms with van der Waals surface area (Å²) in [5, 5.41) is 0. The number of aromatic nitrogens is 3. The van der Waals surface area contributed by atoms with Crippen molar-refractivity contribution in [2.24, 2.45) is 0 Å². The summed E-state index contributed by atoms with van der Waals surface area (Å²) in [6, 6.07) is 10.2. The van der Waals surface area contributed by atoms with Crippen LogP contribution >= 0.6 is 0 Å². The van der Waals surface area contributed by atoms with E-state index in [1.807, 2.05) is 28.8 Å². The molecule has 3 heterocycles. The van der Waals surface area contributed by atoms with Crippen LogP contribution in [-0.4, -0.2) is 14.1 Å². The molecule has 0 saturated heterocycles. The van der Waals surface area contributed by atoms with Crippen LogP contribution in [0.25, 0.3) is 5.65 Å². The molecular formula is C14H16N4. The van der Waals surface area contributed by atoms with Gasteiger partial charge in [0.25, 0.3) is 0 Å². The highest BCUT2D eigenvalue weighted by Gasteiger charge is 2.03. The van der Waals surface area contributed by atoms with Gasteiger partial charge >= 0.3 is 0 Å². The highest BCUT2D eigenvalue weighted by atomic mass is 15.4. The number of fused-ring (bicyclic) bond motifs is 1. The quantitative estimate of drug-likeness (QED) is 0.763. The molecule has 0 aromatic carbocycles. The Labute approximate surface area is 106 Å². The second kappa shape index (κ2) is 4.22. The molecule has 18 heavy (non-hydrogen) atoms. The Morgan fingerprint density at radius 3 is 2.61 bits per heavy atom. The smallest absolute Gasteiger partial charge is 0.137 e. The summed E-state index contributed by atoms with van der Waals surface area (Å²) in [6.45, 7) is 4.89. The second-order valence-electron chi connectivity index (χ2n) is 4.48. The van der Waals surface area contributed by atoms with E-state index >= 15 is 0 Å². The molecule has 4 heteroatoms. The van der Waals surface area contributed by atoms with Gasteiger partial charge in [0.2, 0.25) is 0 Å². The number of aryl methyl sites for hydroxylation is 2. The van der Waals surface area contributed by atoms with Crippen LogP contribution in [0.3, 0.4) is 0 Å². The van der Waals surface area contributed by atoms with Gasteiger partial charge in [0.15, 0.2) is 0 Å². The van der Waals surface area contributed by atoms with E-state index in [2.05, 4.69) is 47.3 Å². The second-order valence-corrected chi connectivity index (χ2v) is 4.48. The molecule has 0 saturated carbocycles. The Balaban J connectivity index is 1.81. The van der Waals surface area contributed by atoms with Crippen LogP contribution in [-0.2, 0) is 6.54 Å². The zero-order chi connectivity index (χ0) is 12.5. The molecule has 0 atom stereocenters. The van der Waals surface area contributed by atoms with Crippen molar-refractivity contribution in [1.29, 1.82) is 0 Å². The molecule has 0 amide bonds. The fraction of sp³-hybridized carbons (Fsp3) is 0.214. The number of imidazole rings is 1. The maximum absolute atomic E-state index is 4.56. The lowest BCUT2D eigenvalue weighted by atomic mass is 10.5. The number of pyridine rings is 1. The van der Waals surface area contributed by atoms with Gasteiger partial charge in [-0.05, 0) is 38.1 Å². The number of nitrogens with zero attached hydrogens (tertiary/aromatic N) is 3. The van der Waals surface area contributed by atoms with E-state index in [0.717, 1.165) is 17.9 Å². The van der Waals surface area contributed by atoms with Crippen molar-refractivity contribution in [1.82, 2.24) is 14.1 Å². The zero-order valence-electron chi connectivity index (χ0n) is 10.6. The third-order valence-electron chi connectivity index (χ3n) is 3.10. The lowest BCUT2D eigenvalue weighted by Crippen LogP contribution is -2.16. The maximum atomic E-state index is 4.56. The van der Waals surface area contributed by atoms with E-state index in [4.69, 9.17) is 0 Å². The number of hydrogen-bond acceptors (Lipinski definition) is 2. The largest absolute Gasteiger partial charge is 0.320 e. The first-order valence-electron chi connectivity index (χ1n) is 6.05. The van der Waals surface area contributed by atoms with Gasteiger partial charge in [-0.2, -0.15) is 0 Å². The number of hydrogen-bond donors (Lipinski definition) is 1. The van der Waals surface area contributed by atoms with Gasteiger partial charge in [-0.3, -0.25) is 4.68 Å². The summed E-state index contributed by atoms with van der Waals surface area (Å²) >= 11 is 0. The topological polar surface area (TPSA) is 34.3 Å². The third-order valence-corrected chi connectivity index (χ3v) is 3.10. The molecule has 92 valence electrons. The van der Waals surface area contributed by atoms with Crippen molar-refractivity contribution in [3.05, 3.63) is 59.8 Å². The van der Waals surface area contributed by atoms with Crippen LogP contribution in [0.15, 0.2) is 42.7 Å². The first-order valence-corrected chi connectivity index (χ1v) is 6.05. The van der Waals surface area contributed by atoms with Crippen molar-refractivity contribution >= 4 is 5.65 Å². The number of rotatable bonds is 3. The van der Waals surface area contributed by atoms with Crippen LogP contribution in [0.1, 0.15) is 17.1 Å². The standard InChI is InChI=1S/C14H16N4/c1-11-6-7-12(2)18(11)15-9-13-10-17-8-4-3-5-14(17)16-13/h3-8,10,15H,9H2,1-2H3. The van der Waals surface area contributed by atoms with Crippen molar-refractivity contribution in [3.63, 3.8) is 0 Å². The van der Waals surface area contributed by atoms with Crippen LogP contribution in [0.5, 0.6) is 0 Å². The molecule has 3 aromatic rings. The molecule has 0 bridgehead atoms. The molecule has 3 rings (SSSR count). The van der Waals surface area contributed by atoms with E-state index in [1.165, 1.54) is 11.4 Å². The molecular weight excluding hydrogens is 224 g/mol.